The van der Waals surface area contributed by atoms with Crippen LogP contribution < -0.4 is 5.32 Å². The predicted molar refractivity (Wildman–Crippen MR) is 72.7 cm³/mol. The monoisotopic (exact) mass is 269 g/mol. The summed E-state index contributed by atoms with van der Waals surface area (Å²) in [6.45, 7) is 4.27. The molecule has 1 atom stereocenters. The van der Waals surface area contributed by atoms with Crippen LogP contribution in [0.25, 0.3) is 0 Å². The summed E-state index contributed by atoms with van der Waals surface area (Å²) < 4.78 is 0. The molecule has 0 saturated carbocycles. The first-order chi connectivity index (χ1) is 8.67. The van der Waals surface area contributed by atoms with Gasteiger partial charge >= 0.3 is 0 Å². The second kappa shape index (κ2) is 8.03. The third-order valence-electron chi connectivity index (χ3n) is 2.74. The van der Waals surface area contributed by atoms with Crippen molar-refractivity contribution in [3.63, 3.8) is 0 Å². The molecular weight excluding hydrogens is 250 g/mol. The van der Waals surface area contributed by atoms with Gasteiger partial charge in [-0.25, -0.2) is 0 Å². The molecule has 0 aliphatic rings. The van der Waals surface area contributed by atoms with Crippen molar-refractivity contribution in [3.8, 4) is 0 Å². The quantitative estimate of drug-likeness (QED) is 0.827. The van der Waals surface area contributed by atoms with E-state index < -0.39 is 0 Å². The lowest BCUT2D eigenvalue weighted by molar-refractivity contribution is 0.0926. The third kappa shape index (κ3) is 5.00. The zero-order valence-electron chi connectivity index (χ0n) is 10.9. The Labute approximate surface area is 113 Å². The molecule has 1 aromatic heterocycles. The van der Waals surface area contributed by atoms with Gasteiger partial charge in [0.15, 0.2) is 10.8 Å². The topological polar surface area (TPSA) is 54.9 Å². The molecule has 0 spiro atoms. The fraction of sp³-hybridized carbons (Fsp3) is 0.615. The van der Waals surface area contributed by atoms with Crippen LogP contribution in [0, 0.1) is 0 Å². The van der Waals surface area contributed by atoms with Crippen LogP contribution in [0.5, 0.6) is 0 Å². The summed E-state index contributed by atoms with van der Waals surface area (Å²) in [6, 6.07) is 3.39. The first-order valence-electron chi connectivity index (χ1n) is 6.47. The number of nitrogens with zero attached hydrogens (tertiary/aromatic N) is 2. The number of rotatable bonds is 7. The minimum atomic E-state index is -0.172. The number of aromatic nitrogens is 2. The van der Waals surface area contributed by atoms with Crippen molar-refractivity contribution >= 4 is 17.5 Å². The smallest absolute Gasteiger partial charge is 0.272 e. The Kier molecular flexibility index (Phi) is 6.65. The standard InChI is InChI=1S/C13H20ClN3O/c1-3-5-7-10(6-4-2)15-13(18)11-8-9-12(14)17-16-11/h8-10H,3-7H2,1-2H3,(H,15,18). The maximum absolute atomic E-state index is 11.9. The van der Waals surface area contributed by atoms with Gasteiger partial charge in [-0.1, -0.05) is 44.7 Å². The van der Waals surface area contributed by atoms with E-state index in [4.69, 9.17) is 11.6 Å². The summed E-state index contributed by atoms with van der Waals surface area (Å²) in [6.07, 6.45) is 5.32. The van der Waals surface area contributed by atoms with Crippen LogP contribution in [0.2, 0.25) is 5.15 Å². The normalized spacial score (nSPS) is 12.2. The van der Waals surface area contributed by atoms with Crippen LogP contribution in [0.15, 0.2) is 12.1 Å². The fourth-order valence-electron chi connectivity index (χ4n) is 1.78. The van der Waals surface area contributed by atoms with E-state index in [1.54, 1.807) is 12.1 Å². The summed E-state index contributed by atoms with van der Waals surface area (Å²) in [5, 5.41) is 10.7. The van der Waals surface area contributed by atoms with E-state index in [2.05, 4.69) is 29.4 Å². The highest BCUT2D eigenvalue weighted by Gasteiger charge is 2.14. The van der Waals surface area contributed by atoms with Gasteiger partial charge in [0.05, 0.1) is 0 Å². The summed E-state index contributed by atoms with van der Waals surface area (Å²) >= 11 is 5.64. The minimum Gasteiger partial charge on any atom is -0.348 e. The first-order valence-corrected chi connectivity index (χ1v) is 6.85. The molecule has 1 amide bonds. The number of carbonyl (C=O) groups is 1. The molecule has 1 unspecified atom stereocenters. The van der Waals surface area contributed by atoms with Gasteiger partial charge in [-0.05, 0) is 25.0 Å². The summed E-state index contributed by atoms with van der Waals surface area (Å²) in [4.78, 5) is 11.9. The fourth-order valence-corrected chi connectivity index (χ4v) is 1.88. The Morgan fingerprint density at radius 3 is 2.61 bits per heavy atom. The molecule has 0 aromatic carbocycles. The summed E-state index contributed by atoms with van der Waals surface area (Å²) in [5.74, 6) is -0.172. The maximum atomic E-state index is 11.9. The van der Waals surface area contributed by atoms with E-state index in [-0.39, 0.29) is 11.9 Å². The van der Waals surface area contributed by atoms with Crippen LogP contribution in [-0.4, -0.2) is 22.1 Å². The van der Waals surface area contributed by atoms with Gasteiger partial charge < -0.3 is 5.32 Å². The molecule has 0 aliphatic carbocycles. The van der Waals surface area contributed by atoms with E-state index in [0.717, 1.165) is 32.1 Å². The van der Waals surface area contributed by atoms with Crippen molar-refractivity contribution < 1.29 is 4.79 Å². The number of nitrogens with one attached hydrogen (secondary N) is 1. The van der Waals surface area contributed by atoms with Crippen LogP contribution in [-0.2, 0) is 0 Å². The number of carbonyl (C=O) groups excluding carboxylic acids is 1. The van der Waals surface area contributed by atoms with Crippen molar-refractivity contribution in [2.75, 3.05) is 0 Å². The van der Waals surface area contributed by atoms with Crippen LogP contribution >= 0.6 is 11.6 Å². The van der Waals surface area contributed by atoms with Crippen molar-refractivity contribution in [2.24, 2.45) is 0 Å². The number of unbranched alkanes of at least 4 members (excludes halogenated alkanes) is 1. The van der Waals surface area contributed by atoms with E-state index in [9.17, 15) is 4.79 Å². The molecule has 1 heterocycles. The highest BCUT2D eigenvalue weighted by atomic mass is 35.5. The first kappa shape index (κ1) is 14.9. The molecule has 0 radical (unpaired) electrons. The highest BCUT2D eigenvalue weighted by molar-refractivity contribution is 6.29. The maximum Gasteiger partial charge on any atom is 0.272 e. The van der Waals surface area contributed by atoms with E-state index in [1.807, 2.05) is 0 Å². The lowest BCUT2D eigenvalue weighted by Gasteiger charge is -2.17. The van der Waals surface area contributed by atoms with Crippen LogP contribution in [0.1, 0.15) is 56.4 Å². The second-order valence-electron chi connectivity index (χ2n) is 4.34. The average Bonchev–Trinajstić information content (AvgIpc) is 2.37. The number of amides is 1. The Morgan fingerprint density at radius 1 is 1.28 bits per heavy atom. The van der Waals surface area contributed by atoms with Gasteiger partial charge in [0, 0.05) is 6.04 Å². The second-order valence-corrected chi connectivity index (χ2v) is 4.73. The van der Waals surface area contributed by atoms with Gasteiger partial charge in [-0.15, -0.1) is 10.2 Å². The van der Waals surface area contributed by atoms with Crippen molar-refractivity contribution in [1.82, 2.24) is 15.5 Å². The number of hydrogen-bond acceptors (Lipinski definition) is 3. The summed E-state index contributed by atoms with van der Waals surface area (Å²) in [5.41, 5.74) is 0.317. The van der Waals surface area contributed by atoms with E-state index in [1.165, 1.54) is 0 Å². The summed E-state index contributed by atoms with van der Waals surface area (Å²) in [7, 11) is 0. The van der Waals surface area contributed by atoms with Crippen molar-refractivity contribution in [3.05, 3.63) is 23.0 Å². The van der Waals surface area contributed by atoms with Crippen LogP contribution in [0.4, 0.5) is 0 Å². The zero-order chi connectivity index (χ0) is 13.4. The largest absolute Gasteiger partial charge is 0.348 e. The van der Waals surface area contributed by atoms with Gasteiger partial charge in [0.1, 0.15) is 0 Å². The van der Waals surface area contributed by atoms with Gasteiger partial charge in [-0.2, -0.15) is 0 Å². The Hall–Kier alpha value is -1.16. The molecule has 0 saturated heterocycles. The Balaban J connectivity index is 2.56. The molecule has 18 heavy (non-hydrogen) atoms. The Morgan fingerprint density at radius 2 is 2.06 bits per heavy atom. The molecule has 0 bridgehead atoms. The average molecular weight is 270 g/mol. The zero-order valence-corrected chi connectivity index (χ0v) is 11.7. The SMILES string of the molecule is CCCCC(CCC)NC(=O)c1ccc(Cl)nn1. The molecule has 1 aromatic rings. The van der Waals surface area contributed by atoms with Crippen molar-refractivity contribution in [2.45, 2.75) is 52.0 Å². The molecule has 5 heteroatoms. The molecular formula is C13H20ClN3O. The molecule has 4 nitrogen and oxygen atoms in total. The van der Waals surface area contributed by atoms with E-state index >= 15 is 0 Å². The molecule has 100 valence electrons. The lowest BCUT2D eigenvalue weighted by atomic mass is 10.1. The molecule has 0 fully saturated rings. The number of halogens is 1. The third-order valence-corrected chi connectivity index (χ3v) is 2.94. The lowest BCUT2D eigenvalue weighted by Crippen LogP contribution is -2.35. The van der Waals surface area contributed by atoms with E-state index in [0.29, 0.717) is 10.8 Å². The van der Waals surface area contributed by atoms with Gasteiger partial charge in [-0.3, -0.25) is 4.79 Å². The highest BCUT2D eigenvalue weighted by Crippen LogP contribution is 2.08. The minimum absolute atomic E-state index is 0.172. The molecule has 0 aliphatic heterocycles. The number of hydrogen-bond donors (Lipinski definition) is 1. The molecule has 1 rings (SSSR count). The van der Waals surface area contributed by atoms with Gasteiger partial charge in [0.25, 0.3) is 5.91 Å². The van der Waals surface area contributed by atoms with Gasteiger partial charge in [0.2, 0.25) is 0 Å². The predicted octanol–water partition coefficient (Wildman–Crippen LogP) is 3.22. The van der Waals surface area contributed by atoms with Crippen molar-refractivity contribution in [1.29, 1.82) is 0 Å². The Bertz CT molecular complexity index is 367. The molecule has 1 N–H and O–H groups in total. The van der Waals surface area contributed by atoms with Crippen LogP contribution in [0.3, 0.4) is 0 Å².